The Morgan fingerprint density at radius 2 is 1.67 bits per heavy atom. The smallest absolute Gasteiger partial charge is 0.338 e. The highest BCUT2D eigenvalue weighted by atomic mass is 19.1. The van der Waals surface area contributed by atoms with E-state index in [4.69, 9.17) is 4.74 Å². The molecule has 5 aliphatic rings. The van der Waals surface area contributed by atoms with Crippen molar-refractivity contribution in [3.8, 4) is 5.75 Å². The molecule has 6 rings (SSSR count). The lowest BCUT2D eigenvalue weighted by atomic mass is 9.55. The average molecular weight is 330 g/mol. The highest BCUT2D eigenvalue weighted by Gasteiger charge is 2.49. The van der Waals surface area contributed by atoms with Crippen molar-refractivity contribution in [2.24, 2.45) is 23.7 Å². The number of benzene rings is 1. The highest BCUT2D eigenvalue weighted by molar-refractivity contribution is 5.88. The highest BCUT2D eigenvalue weighted by Crippen LogP contribution is 2.55. The summed E-state index contributed by atoms with van der Waals surface area (Å²) in [6.07, 6.45) is 8.71. The van der Waals surface area contributed by atoms with Crippen LogP contribution in [0.2, 0.25) is 0 Å². The fraction of sp³-hybridized carbons (Fsp3) is 0.650. The first-order valence-corrected chi connectivity index (χ1v) is 9.32. The Morgan fingerprint density at radius 3 is 2.21 bits per heavy atom. The number of carboxylic acid groups (broad SMARTS) is 1. The zero-order valence-electron chi connectivity index (χ0n) is 13.7. The van der Waals surface area contributed by atoms with Crippen LogP contribution in [0.1, 0.15) is 66.8 Å². The number of carbonyl (C=O) groups is 1. The number of halogens is 1. The maximum atomic E-state index is 14.2. The van der Waals surface area contributed by atoms with Crippen LogP contribution in [0.3, 0.4) is 0 Å². The van der Waals surface area contributed by atoms with Gasteiger partial charge >= 0.3 is 5.97 Å². The van der Waals surface area contributed by atoms with Gasteiger partial charge in [0.05, 0.1) is 5.56 Å². The Morgan fingerprint density at radius 1 is 1.04 bits per heavy atom. The van der Waals surface area contributed by atoms with Crippen molar-refractivity contribution in [1.82, 2.24) is 0 Å². The van der Waals surface area contributed by atoms with Crippen molar-refractivity contribution >= 4 is 5.97 Å². The summed E-state index contributed by atoms with van der Waals surface area (Å²) in [5.41, 5.74) is 0.678. The van der Waals surface area contributed by atoms with Crippen LogP contribution >= 0.6 is 0 Å². The van der Waals surface area contributed by atoms with Gasteiger partial charge in [0.15, 0.2) is 0 Å². The molecular weight excluding hydrogens is 307 g/mol. The first-order chi connectivity index (χ1) is 11.6. The van der Waals surface area contributed by atoms with Crippen LogP contribution in [0.25, 0.3) is 0 Å². The Kier molecular flexibility index (Phi) is 3.20. The van der Waals surface area contributed by atoms with E-state index < -0.39 is 11.8 Å². The maximum Gasteiger partial charge on any atom is 0.338 e. The molecule has 5 aliphatic carbocycles. The number of hydrogen-bond donors (Lipinski definition) is 1. The van der Waals surface area contributed by atoms with E-state index in [1.165, 1.54) is 44.2 Å². The van der Waals surface area contributed by atoms with Gasteiger partial charge in [-0.2, -0.15) is 0 Å². The first-order valence-electron chi connectivity index (χ1n) is 9.32. The summed E-state index contributed by atoms with van der Waals surface area (Å²) in [5, 5.41) is 9.19. The van der Waals surface area contributed by atoms with Gasteiger partial charge in [0, 0.05) is 6.07 Å². The topological polar surface area (TPSA) is 46.5 Å². The van der Waals surface area contributed by atoms with Gasteiger partial charge in [0.1, 0.15) is 17.7 Å². The number of hydrogen-bond acceptors (Lipinski definition) is 2. The van der Waals surface area contributed by atoms with Crippen molar-refractivity contribution in [3.63, 3.8) is 0 Å². The molecule has 5 fully saturated rings. The van der Waals surface area contributed by atoms with Crippen molar-refractivity contribution in [3.05, 3.63) is 29.1 Å². The number of rotatable bonds is 4. The summed E-state index contributed by atoms with van der Waals surface area (Å²) in [6.45, 7) is 0. The van der Waals surface area contributed by atoms with Gasteiger partial charge in [-0.3, -0.25) is 0 Å². The van der Waals surface area contributed by atoms with E-state index in [-0.39, 0.29) is 11.7 Å². The predicted molar refractivity (Wildman–Crippen MR) is 86.8 cm³/mol. The van der Waals surface area contributed by atoms with Gasteiger partial charge in [0.25, 0.3) is 0 Å². The van der Waals surface area contributed by atoms with Crippen LogP contribution in [-0.2, 0) is 0 Å². The SMILES string of the molecule is O=C(O)c1cc(C2CC2)c(OC2C3CC4CC(C3)CC2C4)cc1F. The lowest BCUT2D eigenvalue weighted by Crippen LogP contribution is -2.50. The molecule has 0 unspecified atom stereocenters. The summed E-state index contributed by atoms with van der Waals surface area (Å²) in [5.74, 6) is 2.04. The van der Waals surface area contributed by atoms with Crippen molar-refractivity contribution in [2.45, 2.75) is 57.0 Å². The van der Waals surface area contributed by atoms with Crippen LogP contribution in [0.5, 0.6) is 5.75 Å². The van der Waals surface area contributed by atoms with Crippen LogP contribution in [0.4, 0.5) is 4.39 Å². The van der Waals surface area contributed by atoms with Crippen LogP contribution in [-0.4, -0.2) is 17.2 Å². The molecule has 128 valence electrons. The predicted octanol–water partition coefficient (Wildman–Crippen LogP) is 4.60. The lowest BCUT2D eigenvalue weighted by Gasteiger charge is -2.53. The summed E-state index contributed by atoms with van der Waals surface area (Å²) < 4.78 is 20.6. The molecule has 5 saturated carbocycles. The summed E-state index contributed by atoms with van der Waals surface area (Å²) in [4.78, 5) is 11.2. The minimum Gasteiger partial charge on any atom is -0.489 e. The molecule has 4 heteroatoms. The third-order valence-electron chi connectivity index (χ3n) is 6.75. The van der Waals surface area contributed by atoms with E-state index >= 15 is 0 Å². The lowest BCUT2D eigenvalue weighted by molar-refractivity contribution is -0.0793. The second kappa shape index (κ2) is 5.21. The van der Waals surface area contributed by atoms with Gasteiger partial charge in [-0.15, -0.1) is 0 Å². The van der Waals surface area contributed by atoms with Gasteiger partial charge in [-0.05, 0) is 86.2 Å². The molecule has 0 amide bonds. The standard InChI is InChI=1S/C20H23FO3/c21-17-9-18(15(12-1-2-12)8-16(17)20(22)23)24-19-13-4-10-3-11(6-13)7-14(19)5-10/h8-14,19H,1-7H2,(H,22,23). The number of carboxylic acids is 1. The van der Waals surface area contributed by atoms with Crippen molar-refractivity contribution in [1.29, 1.82) is 0 Å². The normalized spacial score (nSPS) is 36.8. The zero-order chi connectivity index (χ0) is 16.4. The maximum absolute atomic E-state index is 14.2. The van der Waals surface area contributed by atoms with Crippen LogP contribution < -0.4 is 4.74 Å². The largest absolute Gasteiger partial charge is 0.489 e. The first kappa shape index (κ1) is 14.7. The van der Waals surface area contributed by atoms with E-state index in [0.29, 0.717) is 23.5 Å². The fourth-order valence-electron chi connectivity index (χ4n) is 5.77. The van der Waals surface area contributed by atoms with Gasteiger partial charge in [-0.1, -0.05) is 0 Å². The molecule has 0 radical (unpaired) electrons. The van der Waals surface area contributed by atoms with Crippen LogP contribution in [0.15, 0.2) is 12.1 Å². The minimum atomic E-state index is -1.20. The Balaban J connectivity index is 1.46. The van der Waals surface area contributed by atoms with Crippen molar-refractivity contribution in [2.75, 3.05) is 0 Å². The molecule has 4 bridgehead atoms. The number of ether oxygens (including phenoxy) is 1. The molecule has 0 aliphatic heterocycles. The van der Waals surface area contributed by atoms with E-state index in [9.17, 15) is 14.3 Å². The third-order valence-corrected chi connectivity index (χ3v) is 6.75. The van der Waals surface area contributed by atoms with Gasteiger partial charge < -0.3 is 9.84 Å². The Labute approximate surface area is 141 Å². The molecule has 1 N–H and O–H groups in total. The van der Waals surface area contributed by atoms with E-state index in [1.54, 1.807) is 0 Å². The second-order valence-corrected chi connectivity index (χ2v) is 8.46. The molecular formula is C20H23FO3. The van der Waals surface area contributed by atoms with Gasteiger partial charge in [0.2, 0.25) is 0 Å². The van der Waals surface area contributed by atoms with Gasteiger partial charge in [-0.25, -0.2) is 9.18 Å². The third kappa shape index (κ3) is 2.34. The molecule has 1 aromatic rings. The average Bonchev–Trinajstić information content (AvgIpc) is 3.34. The summed E-state index contributed by atoms with van der Waals surface area (Å²) in [6, 6.07) is 2.85. The molecule has 0 spiro atoms. The van der Waals surface area contributed by atoms with Crippen LogP contribution in [0, 0.1) is 29.5 Å². The number of aromatic carboxylic acids is 1. The van der Waals surface area contributed by atoms with E-state index in [0.717, 1.165) is 30.2 Å². The Bertz CT molecular complexity index is 666. The monoisotopic (exact) mass is 330 g/mol. The molecule has 0 saturated heterocycles. The van der Waals surface area contributed by atoms with E-state index in [2.05, 4.69) is 0 Å². The minimum absolute atomic E-state index is 0.199. The summed E-state index contributed by atoms with van der Waals surface area (Å²) in [7, 11) is 0. The molecule has 1 aromatic carbocycles. The molecule has 0 atom stereocenters. The van der Waals surface area contributed by atoms with E-state index in [1.807, 2.05) is 0 Å². The molecule has 0 heterocycles. The molecule has 3 nitrogen and oxygen atoms in total. The Hall–Kier alpha value is -1.58. The molecule has 24 heavy (non-hydrogen) atoms. The fourth-order valence-corrected chi connectivity index (χ4v) is 5.77. The quantitative estimate of drug-likeness (QED) is 0.877. The second-order valence-electron chi connectivity index (χ2n) is 8.46. The van der Waals surface area contributed by atoms with Crippen molar-refractivity contribution < 1.29 is 19.0 Å². The zero-order valence-corrected chi connectivity index (χ0v) is 13.7. The summed E-state index contributed by atoms with van der Waals surface area (Å²) >= 11 is 0. The molecule has 0 aromatic heterocycles.